The number of carbonyl (C=O) groups is 2. The second-order valence-corrected chi connectivity index (χ2v) is 9.05. The fourth-order valence-electron chi connectivity index (χ4n) is 3.99. The smallest absolute Gasteiger partial charge is 0.231 e. The maximum atomic E-state index is 12.7. The van der Waals surface area contributed by atoms with Crippen molar-refractivity contribution in [3.05, 3.63) is 35.3 Å². The summed E-state index contributed by atoms with van der Waals surface area (Å²) in [7, 11) is 1.60. The van der Waals surface area contributed by atoms with Crippen molar-refractivity contribution in [3.63, 3.8) is 0 Å². The summed E-state index contributed by atoms with van der Waals surface area (Å²) in [6.45, 7) is 5.71. The zero-order chi connectivity index (χ0) is 21.1. The highest BCUT2D eigenvalue weighted by atomic mass is 32.1. The third-order valence-electron chi connectivity index (χ3n) is 5.92. The Kier molecular flexibility index (Phi) is 6.34. The van der Waals surface area contributed by atoms with Gasteiger partial charge in [-0.15, -0.1) is 11.3 Å². The molecule has 0 spiro atoms. The van der Waals surface area contributed by atoms with E-state index in [1.807, 2.05) is 29.6 Å². The van der Waals surface area contributed by atoms with Crippen LogP contribution in [0.3, 0.4) is 0 Å². The predicted octanol–water partition coefficient (Wildman–Crippen LogP) is 3.38. The van der Waals surface area contributed by atoms with Gasteiger partial charge in [-0.2, -0.15) is 0 Å². The summed E-state index contributed by atoms with van der Waals surface area (Å²) >= 11 is 1.45. The number of likely N-dealkylation sites (tertiary alicyclic amines) is 1. The van der Waals surface area contributed by atoms with Gasteiger partial charge < -0.3 is 15.0 Å². The Morgan fingerprint density at radius 3 is 2.70 bits per heavy atom. The molecule has 0 saturated carbocycles. The third-order valence-corrected chi connectivity index (χ3v) is 6.73. The quantitative estimate of drug-likeness (QED) is 0.764. The van der Waals surface area contributed by atoms with E-state index in [2.05, 4.69) is 22.1 Å². The van der Waals surface area contributed by atoms with E-state index in [0.29, 0.717) is 11.7 Å². The van der Waals surface area contributed by atoms with Crippen LogP contribution in [-0.4, -0.2) is 48.4 Å². The number of hydrogen-bond acceptors (Lipinski definition) is 6. The van der Waals surface area contributed by atoms with Crippen LogP contribution in [0.25, 0.3) is 0 Å². The number of anilines is 2. The molecule has 160 valence electrons. The Morgan fingerprint density at radius 1 is 1.27 bits per heavy atom. The lowest BCUT2D eigenvalue weighted by Gasteiger charge is -2.29. The molecule has 2 fully saturated rings. The predicted molar refractivity (Wildman–Crippen MR) is 118 cm³/mol. The van der Waals surface area contributed by atoms with Gasteiger partial charge in [0.15, 0.2) is 5.13 Å². The van der Waals surface area contributed by atoms with E-state index in [1.165, 1.54) is 24.2 Å². The van der Waals surface area contributed by atoms with Crippen LogP contribution in [-0.2, 0) is 16.1 Å². The molecule has 2 aromatic rings. The van der Waals surface area contributed by atoms with Crippen LogP contribution >= 0.6 is 11.3 Å². The van der Waals surface area contributed by atoms with Gasteiger partial charge >= 0.3 is 0 Å². The molecule has 8 heteroatoms. The van der Waals surface area contributed by atoms with Crippen LogP contribution in [0.2, 0.25) is 0 Å². The van der Waals surface area contributed by atoms with E-state index in [4.69, 9.17) is 4.74 Å². The SMILES string of the molecule is COc1ccc(N2CC(C(=O)Nc3nc(CN4CCC(C)CC4)cs3)CC2=O)cc1. The van der Waals surface area contributed by atoms with Crippen molar-refractivity contribution in [3.8, 4) is 5.75 Å². The summed E-state index contributed by atoms with van der Waals surface area (Å²) in [5.74, 6) is 0.971. The first-order valence-electron chi connectivity index (χ1n) is 10.4. The Hall–Kier alpha value is -2.45. The largest absolute Gasteiger partial charge is 0.497 e. The van der Waals surface area contributed by atoms with E-state index in [9.17, 15) is 9.59 Å². The van der Waals surface area contributed by atoms with Gasteiger partial charge in [0, 0.05) is 30.6 Å². The molecular formula is C22H28N4O3S. The first-order chi connectivity index (χ1) is 14.5. The summed E-state index contributed by atoms with van der Waals surface area (Å²) < 4.78 is 5.16. The first kappa shape index (κ1) is 20.8. The maximum Gasteiger partial charge on any atom is 0.231 e. The number of methoxy groups -OCH3 is 1. The van der Waals surface area contributed by atoms with E-state index < -0.39 is 0 Å². The molecule has 2 amide bonds. The van der Waals surface area contributed by atoms with Crippen LogP contribution in [0.5, 0.6) is 5.75 Å². The van der Waals surface area contributed by atoms with Crippen molar-refractivity contribution < 1.29 is 14.3 Å². The third kappa shape index (κ3) is 4.82. The number of benzene rings is 1. The van der Waals surface area contributed by atoms with Gasteiger partial charge in [-0.1, -0.05) is 6.92 Å². The standard InChI is InChI=1S/C22H28N4O3S/c1-15-7-9-25(10-8-15)13-17-14-30-22(23-17)24-21(28)16-11-20(27)26(12-16)18-3-5-19(29-2)6-4-18/h3-6,14-16H,7-13H2,1-2H3,(H,23,24,28). The van der Waals surface area contributed by atoms with Crippen LogP contribution in [0.4, 0.5) is 10.8 Å². The van der Waals surface area contributed by atoms with Crippen molar-refractivity contribution in [1.82, 2.24) is 9.88 Å². The van der Waals surface area contributed by atoms with Crippen molar-refractivity contribution in [2.75, 3.05) is 37.0 Å². The molecule has 4 rings (SSSR count). The molecular weight excluding hydrogens is 400 g/mol. The minimum absolute atomic E-state index is 0.0422. The van der Waals surface area contributed by atoms with Gasteiger partial charge in [-0.05, 0) is 56.1 Å². The number of aromatic nitrogens is 1. The molecule has 30 heavy (non-hydrogen) atoms. The summed E-state index contributed by atoms with van der Waals surface area (Å²) in [4.78, 5) is 33.8. The summed E-state index contributed by atoms with van der Waals surface area (Å²) in [6.07, 6.45) is 2.67. The second kappa shape index (κ2) is 9.14. The number of nitrogens with one attached hydrogen (secondary N) is 1. The minimum atomic E-state index is -0.379. The molecule has 1 unspecified atom stereocenters. The average Bonchev–Trinajstić information content (AvgIpc) is 3.36. The Bertz CT molecular complexity index is 890. The lowest BCUT2D eigenvalue weighted by molar-refractivity contribution is -0.122. The summed E-state index contributed by atoms with van der Waals surface area (Å²) in [6, 6.07) is 7.31. The molecule has 2 saturated heterocycles. The van der Waals surface area contributed by atoms with E-state index >= 15 is 0 Å². The van der Waals surface area contributed by atoms with Gasteiger partial charge in [-0.3, -0.25) is 14.5 Å². The highest BCUT2D eigenvalue weighted by molar-refractivity contribution is 7.13. The molecule has 7 nitrogen and oxygen atoms in total. The highest BCUT2D eigenvalue weighted by Crippen LogP contribution is 2.28. The molecule has 2 aliphatic heterocycles. The molecule has 0 radical (unpaired) electrons. The summed E-state index contributed by atoms with van der Waals surface area (Å²) in [5, 5.41) is 5.53. The highest BCUT2D eigenvalue weighted by Gasteiger charge is 2.35. The fourth-order valence-corrected chi connectivity index (χ4v) is 4.69. The Labute approximate surface area is 181 Å². The zero-order valence-corrected chi connectivity index (χ0v) is 18.3. The molecule has 1 atom stereocenters. The van der Waals surface area contributed by atoms with Crippen LogP contribution in [0.15, 0.2) is 29.6 Å². The number of ether oxygens (including phenoxy) is 1. The number of piperidine rings is 1. The van der Waals surface area contributed by atoms with E-state index in [-0.39, 0.29) is 24.2 Å². The zero-order valence-electron chi connectivity index (χ0n) is 17.5. The van der Waals surface area contributed by atoms with Gasteiger partial charge in [0.25, 0.3) is 0 Å². The molecule has 0 bridgehead atoms. The number of carbonyl (C=O) groups excluding carboxylic acids is 2. The monoisotopic (exact) mass is 428 g/mol. The molecule has 1 aromatic carbocycles. The van der Waals surface area contributed by atoms with Crippen molar-refractivity contribution >= 4 is 34.0 Å². The molecule has 1 aromatic heterocycles. The Balaban J connectivity index is 1.32. The lowest BCUT2D eigenvalue weighted by Crippen LogP contribution is -2.32. The average molecular weight is 429 g/mol. The van der Waals surface area contributed by atoms with Gasteiger partial charge in [0.2, 0.25) is 11.8 Å². The van der Waals surface area contributed by atoms with Gasteiger partial charge in [0.05, 0.1) is 18.7 Å². The molecule has 0 aliphatic carbocycles. The Morgan fingerprint density at radius 2 is 2.00 bits per heavy atom. The van der Waals surface area contributed by atoms with Crippen molar-refractivity contribution in [2.24, 2.45) is 11.8 Å². The molecule has 3 heterocycles. The second-order valence-electron chi connectivity index (χ2n) is 8.20. The number of nitrogens with zero attached hydrogens (tertiary/aromatic N) is 3. The topological polar surface area (TPSA) is 74.8 Å². The van der Waals surface area contributed by atoms with Crippen molar-refractivity contribution in [1.29, 1.82) is 0 Å². The number of amides is 2. The van der Waals surface area contributed by atoms with Crippen molar-refractivity contribution in [2.45, 2.75) is 32.7 Å². The van der Waals surface area contributed by atoms with E-state index in [0.717, 1.165) is 42.7 Å². The maximum absolute atomic E-state index is 12.7. The van der Waals surface area contributed by atoms with Gasteiger partial charge in [-0.25, -0.2) is 4.98 Å². The summed E-state index contributed by atoms with van der Waals surface area (Å²) in [5.41, 5.74) is 1.77. The molecule has 1 N–H and O–H groups in total. The first-order valence-corrected chi connectivity index (χ1v) is 11.3. The normalized spacial score (nSPS) is 20.5. The number of thiazole rings is 1. The lowest BCUT2D eigenvalue weighted by atomic mass is 9.99. The van der Waals surface area contributed by atoms with Gasteiger partial charge in [0.1, 0.15) is 5.75 Å². The fraction of sp³-hybridized carbons (Fsp3) is 0.500. The minimum Gasteiger partial charge on any atom is -0.497 e. The number of hydrogen-bond donors (Lipinski definition) is 1. The van der Waals surface area contributed by atoms with Crippen LogP contribution in [0.1, 0.15) is 31.9 Å². The van der Waals surface area contributed by atoms with Crippen LogP contribution < -0.4 is 15.0 Å². The van der Waals surface area contributed by atoms with E-state index in [1.54, 1.807) is 12.0 Å². The molecule has 2 aliphatic rings. The van der Waals surface area contributed by atoms with Crippen LogP contribution in [0, 0.1) is 11.8 Å². The number of rotatable bonds is 6.